The molecule has 1 aliphatic carbocycles. The molecule has 0 unspecified atom stereocenters. The molecular formula is C22H32N2O4. The fourth-order valence-electron chi connectivity index (χ4n) is 4.62. The molecule has 0 atom stereocenters. The van der Waals surface area contributed by atoms with Crippen molar-refractivity contribution in [1.82, 2.24) is 9.96 Å². The first kappa shape index (κ1) is 20.8. The molecule has 0 spiro atoms. The number of hydrogen-bond acceptors (Lipinski definition) is 5. The summed E-state index contributed by atoms with van der Waals surface area (Å²) in [6.45, 7) is 7.38. The number of carbonyl (C=O) groups is 2. The Hall–Kier alpha value is -1.92. The molecule has 1 aromatic carbocycles. The van der Waals surface area contributed by atoms with Gasteiger partial charge in [0.2, 0.25) is 5.91 Å². The molecule has 1 saturated heterocycles. The number of carbonyl (C=O) groups excluding carboxylic acids is 2. The van der Waals surface area contributed by atoms with Gasteiger partial charge < -0.3 is 14.5 Å². The number of esters is 1. The molecule has 0 aromatic heterocycles. The Morgan fingerprint density at radius 3 is 2.14 bits per heavy atom. The first-order chi connectivity index (χ1) is 13.3. The quantitative estimate of drug-likeness (QED) is 0.702. The number of amides is 1. The molecule has 1 heterocycles. The Kier molecular flexibility index (Phi) is 6.10. The van der Waals surface area contributed by atoms with Crippen LogP contribution in [-0.4, -0.2) is 60.7 Å². The molecule has 2 fully saturated rings. The van der Waals surface area contributed by atoms with E-state index in [1.54, 1.807) is 7.11 Å². The monoisotopic (exact) mass is 388 g/mol. The second-order valence-electron chi connectivity index (χ2n) is 8.18. The average Bonchev–Trinajstić information content (AvgIpc) is 3.49. The predicted octanol–water partition coefficient (Wildman–Crippen LogP) is 2.71. The van der Waals surface area contributed by atoms with E-state index in [1.165, 1.54) is 12.7 Å². The summed E-state index contributed by atoms with van der Waals surface area (Å²) >= 11 is 0. The van der Waals surface area contributed by atoms with Gasteiger partial charge in [0.25, 0.3) is 0 Å². The Morgan fingerprint density at radius 2 is 1.68 bits per heavy atom. The zero-order chi connectivity index (χ0) is 20.5. The zero-order valence-electron chi connectivity index (χ0n) is 17.7. The van der Waals surface area contributed by atoms with Gasteiger partial charge in [-0.3, -0.25) is 4.79 Å². The SMILES string of the molecule is COC(=O)C1(N(C(=O)Cc2c(C)cc(C)cc2C)C2CC2)CCN(OC)CC1. The maximum absolute atomic E-state index is 13.5. The molecule has 0 bridgehead atoms. The predicted molar refractivity (Wildman–Crippen MR) is 107 cm³/mol. The van der Waals surface area contributed by atoms with E-state index in [4.69, 9.17) is 9.57 Å². The summed E-state index contributed by atoms with van der Waals surface area (Å²) in [6.07, 6.45) is 3.28. The number of aryl methyl sites for hydroxylation is 3. The van der Waals surface area contributed by atoms with Crippen LogP contribution in [0.4, 0.5) is 0 Å². The highest BCUT2D eigenvalue weighted by Crippen LogP contribution is 2.40. The van der Waals surface area contributed by atoms with Crippen LogP contribution in [0.5, 0.6) is 0 Å². The van der Waals surface area contributed by atoms with Gasteiger partial charge in [0.15, 0.2) is 0 Å². The van der Waals surface area contributed by atoms with Crippen LogP contribution in [0, 0.1) is 20.8 Å². The molecule has 28 heavy (non-hydrogen) atoms. The van der Waals surface area contributed by atoms with Gasteiger partial charge in [-0.15, -0.1) is 0 Å². The van der Waals surface area contributed by atoms with Crippen molar-refractivity contribution in [3.8, 4) is 0 Å². The number of ether oxygens (including phenoxy) is 1. The van der Waals surface area contributed by atoms with Gasteiger partial charge in [0.1, 0.15) is 5.54 Å². The minimum Gasteiger partial charge on any atom is -0.467 e. The van der Waals surface area contributed by atoms with E-state index in [1.807, 2.05) is 9.96 Å². The lowest BCUT2D eigenvalue weighted by molar-refractivity contribution is -0.186. The first-order valence-electron chi connectivity index (χ1n) is 10.1. The number of rotatable bonds is 6. The van der Waals surface area contributed by atoms with E-state index in [0.29, 0.717) is 32.4 Å². The van der Waals surface area contributed by atoms with Crippen molar-refractivity contribution in [3.05, 3.63) is 34.4 Å². The average molecular weight is 389 g/mol. The summed E-state index contributed by atoms with van der Waals surface area (Å²) < 4.78 is 5.19. The molecule has 0 N–H and O–H groups in total. The van der Waals surface area contributed by atoms with Crippen LogP contribution in [0.2, 0.25) is 0 Å². The fourth-order valence-corrected chi connectivity index (χ4v) is 4.62. The number of piperidine rings is 1. The maximum Gasteiger partial charge on any atom is 0.331 e. The van der Waals surface area contributed by atoms with Gasteiger partial charge in [-0.25, -0.2) is 4.79 Å². The molecule has 1 amide bonds. The summed E-state index contributed by atoms with van der Waals surface area (Å²) in [5, 5.41) is 1.84. The molecule has 1 aliphatic heterocycles. The molecule has 6 heteroatoms. The van der Waals surface area contributed by atoms with Gasteiger partial charge >= 0.3 is 5.97 Å². The minimum atomic E-state index is -0.894. The minimum absolute atomic E-state index is 0.0221. The second kappa shape index (κ2) is 8.21. The molecular weight excluding hydrogens is 356 g/mol. The van der Waals surface area contributed by atoms with E-state index < -0.39 is 5.54 Å². The number of hydrogen-bond donors (Lipinski definition) is 0. The van der Waals surface area contributed by atoms with Crippen molar-refractivity contribution in [2.75, 3.05) is 27.3 Å². The highest BCUT2D eigenvalue weighted by Gasteiger charge is 2.54. The van der Waals surface area contributed by atoms with Crippen LogP contribution in [0.1, 0.15) is 47.9 Å². The van der Waals surface area contributed by atoms with Crippen LogP contribution in [0.15, 0.2) is 12.1 Å². The van der Waals surface area contributed by atoms with Crippen LogP contribution < -0.4 is 0 Å². The molecule has 2 aliphatic rings. The topological polar surface area (TPSA) is 59.1 Å². The van der Waals surface area contributed by atoms with Gasteiger partial charge in [-0.2, -0.15) is 5.06 Å². The van der Waals surface area contributed by atoms with Gasteiger partial charge in [-0.05, 0) is 63.1 Å². The number of methoxy groups -OCH3 is 1. The summed E-state index contributed by atoms with van der Waals surface area (Å²) in [5.41, 5.74) is 3.62. The van der Waals surface area contributed by atoms with Crippen molar-refractivity contribution >= 4 is 11.9 Å². The highest BCUT2D eigenvalue weighted by molar-refractivity contribution is 5.90. The second-order valence-corrected chi connectivity index (χ2v) is 8.18. The molecule has 3 rings (SSSR count). The Balaban J connectivity index is 1.91. The van der Waals surface area contributed by atoms with Gasteiger partial charge in [0.05, 0.1) is 20.6 Å². The highest BCUT2D eigenvalue weighted by atomic mass is 16.7. The maximum atomic E-state index is 13.5. The third-order valence-electron chi connectivity index (χ3n) is 6.18. The van der Waals surface area contributed by atoms with Crippen LogP contribution >= 0.6 is 0 Å². The van der Waals surface area contributed by atoms with Crippen molar-refractivity contribution < 1.29 is 19.2 Å². The van der Waals surface area contributed by atoms with Gasteiger partial charge in [0, 0.05) is 19.1 Å². The molecule has 0 radical (unpaired) electrons. The van der Waals surface area contributed by atoms with Crippen LogP contribution in [0.3, 0.4) is 0 Å². The Bertz CT molecular complexity index is 726. The summed E-state index contributed by atoms with van der Waals surface area (Å²) in [5.74, 6) is -0.283. The lowest BCUT2D eigenvalue weighted by Crippen LogP contribution is -2.63. The van der Waals surface area contributed by atoms with E-state index in [9.17, 15) is 9.59 Å². The number of hydroxylamine groups is 2. The van der Waals surface area contributed by atoms with E-state index in [0.717, 1.165) is 29.5 Å². The third-order valence-corrected chi connectivity index (χ3v) is 6.18. The van der Waals surface area contributed by atoms with Crippen LogP contribution in [0.25, 0.3) is 0 Å². The van der Waals surface area contributed by atoms with Crippen molar-refractivity contribution in [2.45, 2.75) is 64.5 Å². The molecule has 6 nitrogen and oxygen atoms in total. The lowest BCUT2D eigenvalue weighted by atomic mass is 9.85. The summed E-state index contributed by atoms with van der Waals surface area (Å²) in [4.78, 5) is 33.6. The normalized spacial score (nSPS) is 19.3. The number of nitrogens with zero attached hydrogens (tertiary/aromatic N) is 2. The summed E-state index contributed by atoms with van der Waals surface area (Å²) in [7, 11) is 3.05. The lowest BCUT2D eigenvalue weighted by Gasteiger charge is -2.46. The third kappa shape index (κ3) is 3.94. The number of benzene rings is 1. The van der Waals surface area contributed by atoms with Gasteiger partial charge in [-0.1, -0.05) is 17.7 Å². The van der Waals surface area contributed by atoms with Crippen LogP contribution in [-0.2, 0) is 25.6 Å². The smallest absolute Gasteiger partial charge is 0.331 e. The van der Waals surface area contributed by atoms with E-state index in [2.05, 4.69) is 32.9 Å². The van der Waals surface area contributed by atoms with E-state index in [-0.39, 0.29) is 17.9 Å². The molecule has 154 valence electrons. The molecule has 1 aromatic rings. The van der Waals surface area contributed by atoms with Crippen molar-refractivity contribution in [3.63, 3.8) is 0 Å². The summed E-state index contributed by atoms with van der Waals surface area (Å²) in [6, 6.07) is 4.36. The Morgan fingerprint density at radius 1 is 1.11 bits per heavy atom. The standard InChI is InChI=1S/C22H32N2O4/c1-15-12-16(2)19(17(3)13-15)14-20(25)24(18-6-7-18)22(21(26)27-4)8-10-23(28-5)11-9-22/h12-13,18H,6-11,14H2,1-5H3. The molecule has 1 saturated carbocycles. The largest absolute Gasteiger partial charge is 0.467 e. The van der Waals surface area contributed by atoms with Crippen molar-refractivity contribution in [1.29, 1.82) is 0 Å². The first-order valence-corrected chi connectivity index (χ1v) is 10.1. The van der Waals surface area contributed by atoms with E-state index >= 15 is 0 Å². The Labute approximate surface area is 167 Å². The van der Waals surface area contributed by atoms with Crippen molar-refractivity contribution in [2.24, 2.45) is 0 Å². The zero-order valence-corrected chi connectivity index (χ0v) is 17.7. The fraction of sp³-hybridized carbons (Fsp3) is 0.636.